The van der Waals surface area contributed by atoms with Crippen LogP contribution in [-0.4, -0.2) is 65.1 Å². The first-order valence-corrected chi connectivity index (χ1v) is 9.73. The number of hydrogen-bond donors (Lipinski definition) is 0. The molecule has 0 bridgehead atoms. The molecule has 3 saturated heterocycles. The van der Waals surface area contributed by atoms with E-state index in [1.807, 2.05) is 4.90 Å². The van der Waals surface area contributed by atoms with Crippen molar-refractivity contribution in [3.05, 3.63) is 35.4 Å². The highest BCUT2D eigenvalue weighted by Crippen LogP contribution is 2.34. The molecule has 0 aromatic heterocycles. The van der Waals surface area contributed by atoms with Crippen molar-refractivity contribution in [1.82, 2.24) is 14.7 Å². The Labute approximate surface area is 162 Å². The van der Waals surface area contributed by atoms with Gasteiger partial charge in [-0.05, 0) is 18.9 Å². The van der Waals surface area contributed by atoms with E-state index in [-0.39, 0.29) is 24.3 Å². The lowest BCUT2D eigenvalue weighted by molar-refractivity contribution is -0.140. The van der Waals surface area contributed by atoms with E-state index >= 15 is 0 Å². The van der Waals surface area contributed by atoms with Gasteiger partial charge in [0.15, 0.2) is 0 Å². The molecule has 0 saturated carbocycles. The third kappa shape index (κ3) is 3.53. The van der Waals surface area contributed by atoms with Crippen molar-refractivity contribution in [3.63, 3.8) is 0 Å². The molecule has 6 nitrogen and oxygen atoms in total. The molecule has 2 unspecified atom stereocenters. The first-order chi connectivity index (χ1) is 13.4. The van der Waals surface area contributed by atoms with E-state index in [9.17, 15) is 23.2 Å². The van der Waals surface area contributed by atoms with Crippen molar-refractivity contribution in [2.45, 2.75) is 25.8 Å². The molecule has 3 fully saturated rings. The van der Waals surface area contributed by atoms with Crippen molar-refractivity contribution in [1.29, 1.82) is 0 Å². The topological polar surface area (TPSA) is 60.9 Å². The van der Waals surface area contributed by atoms with Crippen LogP contribution in [0.5, 0.6) is 0 Å². The summed E-state index contributed by atoms with van der Waals surface area (Å²) in [4.78, 5) is 42.0. The van der Waals surface area contributed by atoms with E-state index in [1.54, 1.807) is 4.90 Å². The highest BCUT2D eigenvalue weighted by molar-refractivity contribution is 6.05. The van der Waals surface area contributed by atoms with E-state index in [1.165, 1.54) is 17.0 Å². The molecular weight excluding hydrogens is 368 g/mol. The molecule has 3 aliphatic heterocycles. The van der Waals surface area contributed by atoms with Crippen LogP contribution in [0.2, 0.25) is 0 Å². The third-order valence-electron chi connectivity index (χ3n) is 5.95. The number of imide groups is 1. The number of carbonyl (C=O) groups excluding carboxylic acids is 3. The van der Waals surface area contributed by atoms with E-state index in [0.29, 0.717) is 44.6 Å². The lowest BCUT2D eigenvalue weighted by atomic mass is 10.00. The fourth-order valence-corrected chi connectivity index (χ4v) is 4.50. The smallest absolute Gasteiger partial charge is 0.234 e. The highest BCUT2D eigenvalue weighted by Gasteiger charge is 2.51. The fourth-order valence-electron chi connectivity index (χ4n) is 4.50. The van der Waals surface area contributed by atoms with Crippen LogP contribution < -0.4 is 0 Å². The van der Waals surface area contributed by atoms with Crippen LogP contribution in [0.25, 0.3) is 0 Å². The van der Waals surface area contributed by atoms with Crippen LogP contribution in [0, 0.1) is 23.5 Å². The van der Waals surface area contributed by atoms with Crippen LogP contribution in [0.3, 0.4) is 0 Å². The number of rotatable bonds is 6. The molecule has 3 aliphatic rings. The Kier molecular flexibility index (Phi) is 5.14. The minimum absolute atomic E-state index is 0.139. The molecule has 3 heterocycles. The Morgan fingerprint density at radius 1 is 1.00 bits per heavy atom. The van der Waals surface area contributed by atoms with Gasteiger partial charge in [-0.2, -0.15) is 0 Å². The van der Waals surface area contributed by atoms with Crippen LogP contribution in [0.1, 0.15) is 24.8 Å². The summed E-state index contributed by atoms with van der Waals surface area (Å²) >= 11 is 0. The van der Waals surface area contributed by atoms with Gasteiger partial charge in [0, 0.05) is 57.3 Å². The Morgan fingerprint density at radius 3 is 2.32 bits per heavy atom. The SMILES string of the molecule is O=C1CCCN1CCCN1C(=O)C2CN(Cc3ccc(F)cc3F)CC2C1=O. The zero-order valence-corrected chi connectivity index (χ0v) is 15.6. The summed E-state index contributed by atoms with van der Waals surface area (Å²) in [6, 6.07) is 3.45. The van der Waals surface area contributed by atoms with E-state index < -0.39 is 23.5 Å². The van der Waals surface area contributed by atoms with Crippen molar-refractivity contribution < 1.29 is 23.2 Å². The van der Waals surface area contributed by atoms with Crippen LogP contribution in [0.4, 0.5) is 8.78 Å². The maximum Gasteiger partial charge on any atom is 0.234 e. The lowest BCUT2D eigenvalue weighted by Gasteiger charge is -2.22. The number of carbonyl (C=O) groups is 3. The van der Waals surface area contributed by atoms with Crippen molar-refractivity contribution in [3.8, 4) is 0 Å². The average Bonchev–Trinajstić information content (AvgIpc) is 3.31. The molecule has 0 spiro atoms. The molecule has 0 aliphatic carbocycles. The zero-order valence-electron chi connectivity index (χ0n) is 15.6. The van der Waals surface area contributed by atoms with Gasteiger partial charge in [0.2, 0.25) is 17.7 Å². The standard InChI is InChI=1S/C20H23F2N3O3/c21-14-5-4-13(17(22)9-14)10-23-11-15-16(12-23)20(28)25(19(15)27)8-2-7-24-6-1-3-18(24)26/h4-5,9,15-16H,1-3,6-8,10-12H2. The molecule has 150 valence electrons. The van der Waals surface area contributed by atoms with Gasteiger partial charge in [-0.25, -0.2) is 8.78 Å². The van der Waals surface area contributed by atoms with E-state index in [4.69, 9.17) is 0 Å². The van der Waals surface area contributed by atoms with Crippen LogP contribution in [0.15, 0.2) is 18.2 Å². The second-order valence-electron chi connectivity index (χ2n) is 7.81. The van der Waals surface area contributed by atoms with E-state index in [0.717, 1.165) is 19.0 Å². The molecule has 4 rings (SSSR count). The van der Waals surface area contributed by atoms with Gasteiger partial charge >= 0.3 is 0 Å². The second kappa shape index (κ2) is 7.58. The monoisotopic (exact) mass is 391 g/mol. The summed E-state index contributed by atoms with van der Waals surface area (Å²) < 4.78 is 26.9. The highest BCUT2D eigenvalue weighted by atomic mass is 19.1. The summed E-state index contributed by atoms with van der Waals surface area (Å²) in [6.45, 7) is 2.69. The minimum atomic E-state index is -0.629. The number of fused-ring (bicyclic) bond motifs is 1. The maximum absolute atomic E-state index is 13.9. The summed E-state index contributed by atoms with van der Waals surface area (Å²) in [7, 11) is 0. The minimum Gasteiger partial charge on any atom is -0.343 e. The first kappa shape index (κ1) is 19.0. The average molecular weight is 391 g/mol. The zero-order chi connectivity index (χ0) is 19.8. The maximum atomic E-state index is 13.9. The molecule has 8 heteroatoms. The van der Waals surface area contributed by atoms with Crippen molar-refractivity contribution in [2.75, 3.05) is 32.7 Å². The van der Waals surface area contributed by atoms with Crippen LogP contribution in [-0.2, 0) is 20.9 Å². The number of halogens is 2. The van der Waals surface area contributed by atoms with Gasteiger partial charge in [-0.1, -0.05) is 6.07 Å². The van der Waals surface area contributed by atoms with Crippen molar-refractivity contribution in [2.24, 2.45) is 11.8 Å². The molecule has 0 N–H and O–H groups in total. The fraction of sp³-hybridized carbons (Fsp3) is 0.550. The molecule has 3 amide bonds. The third-order valence-corrected chi connectivity index (χ3v) is 5.95. The molecule has 1 aromatic rings. The Bertz CT molecular complexity index is 792. The van der Waals surface area contributed by atoms with Gasteiger partial charge in [-0.3, -0.25) is 24.2 Å². The summed E-state index contributed by atoms with van der Waals surface area (Å²) in [5, 5.41) is 0. The number of nitrogens with zero attached hydrogens (tertiary/aromatic N) is 3. The van der Waals surface area contributed by atoms with Crippen LogP contribution >= 0.6 is 0 Å². The van der Waals surface area contributed by atoms with Gasteiger partial charge in [-0.15, -0.1) is 0 Å². The Balaban J connectivity index is 1.32. The summed E-state index contributed by atoms with van der Waals surface area (Å²) in [5.41, 5.74) is 0.355. The second-order valence-corrected chi connectivity index (χ2v) is 7.81. The summed E-state index contributed by atoms with van der Waals surface area (Å²) in [6.07, 6.45) is 2.04. The molecule has 28 heavy (non-hydrogen) atoms. The number of likely N-dealkylation sites (tertiary alicyclic amines) is 3. The molecular formula is C20H23F2N3O3. The molecule has 0 radical (unpaired) electrons. The van der Waals surface area contributed by atoms with Gasteiger partial charge in [0.05, 0.1) is 11.8 Å². The Morgan fingerprint density at radius 2 is 1.71 bits per heavy atom. The summed E-state index contributed by atoms with van der Waals surface area (Å²) in [5.74, 6) is -2.26. The van der Waals surface area contributed by atoms with E-state index in [2.05, 4.69) is 0 Å². The predicted molar refractivity (Wildman–Crippen MR) is 95.8 cm³/mol. The van der Waals surface area contributed by atoms with Gasteiger partial charge in [0.25, 0.3) is 0 Å². The predicted octanol–water partition coefficient (Wildman–Crippen LogP) is 1.39. The number of benzene rings is 1. The number of hydrogen-bond acceptors (Lipinski definition) is 4. The van der Waals surface area contributed by atoms with Gasteiger partial charge < -0.3 is 4.90 Å². The lowest BCUT2D eigenvalue weighted by Crippen LogP contribution is -2.38. The van der Waals surface area contributed by atoms with Gasteiger partial charge in [0.1, 0.15) is 11.6 Å². The Hall–Kier alpha value is -2.35. The quantitative estimate of drug-likeness (QED) is 0.688. The largest absolute Gasteiger partial charge is 0.343 e. The number of amides is 3. The molecule has 2 atom stereocenters. The molecule has 1 aromatic carbocycles. The normalized spacial score (nSPS) is 25.3. The first-order valence-electron chi connectivity index (χ1n) is 9.73. The van der Waals surface area contributed by atoms with Crippen molar-refractivity contribution >= 4 is 17.7 Å².